The monoisotopic (exact) mass is 220 g/mol. The highest BCUT2D eigenvalue weighted by Crippen LogP contribution is 2.46. The van der Waals surface area contributed by atoms with E-state index in [9.17, 15) is 9.50 Å². The molecular weight excluding hydrogens is 207 g/mol. The zero-order valence-electron chi connectivity index (χ0n) is 9.03. The quantitative estimate of drug-likeness (QED) is 0.800. The molecule has 1 aliphatic carbocycles. The van der Waals surface area contributed by atoms with Gasteiger partial charge in [-0.25, -0.2) is 4.39 Å². The Bertz CT molecular complexity index is 538. The van der Waals surface area contributed by atoms with Crippen molar-refractivity contribution in [2.75, 3.05) is 0 Å². The molecule has 1 N–H and O–H groups in total. The standard InChI is InChI=1S/C13H13FO2/c1-8-6-13(15,7-8)11-5-9-3-2-4-10(14)12(9)16-11/h2-5,8,15H,6-7H2,1H3. The van der Waals surface area contributed by atoms with Gasteiger partial charge in [-0.3, -0.25) is 0 Å². The van der Waals surface area contributed by atoms with Crippen molar-refractivity contribution >= 4 is 11.0 Å². The summed E-state index contributed by atoms with van der Waals surface area (Å²) in [4.78, 5) is 0. The minimum atomic E-state index is -0.884. The molecule has 1 heterocycles. The topological polar surface area (TPSA) is 33.4 Å². The van der Waals surface area contributed by atoms with E-state index >= 15 is 0 Å². The van der Waals surface area contributed by atoms with Crippen molar-refractivity contribution in [1.82, 2.24) is 0 Å². The Morgan fingerprint density at radius 3 is 2.81 bits per heavy atom. The summed E-state index contributed by atoms with van der Waals surface area (Å²) in [5.41, 5.74) is -0.643. The third kappa shape index (κ3) is 1.28. The molecular formula is C13H13FO2. The first-order valence-electron chi connectivity index (χ1n) is 5.49. The number of rotatable bonds is 1. The largest absolute Gasteiger partial charge is 0.455 e. The second kappa shape index (κ2) is 3.08. The molecule has 0 unspecified atom stereocenters. The number of hydrogen-bond acceptors (Lipinski definition) is 2. The van der Waals surface area contributed by atoms with Gasteiger partial charge in [0.05, 0.1) is 0 Å². The SMILES string of the molecule is CC1CC(O)(c2cc3cccc(F)c3o2)C1. The summed E-state index contributed by atoms with van der Waals surface area (Å²) in [6.45, 7) is 2.08. The summed E-state index contributed by atoms with van der Waals surface area (Å²) in [7, 11) is 0. The Hall–Kier alpha value is -1.35. The van der Waals surface area contributed by atoms with Gasteiger partial charge in [0, 0.05) is 5.39 Å². The van der Waals surface area contributed by atoms with E-state index in [1.165, 1.54) is 6.07 Å². The Labute approximate surface area is 92.7 Å². The first-order valence-corrected chi connectivity index (χ1v) is 5.49. The van der Waals surface area contributed by atoms with Crippen molar-refractivity contribution in [3.05, 3.63) is 35.8 Å². The lowest BCUT2D eigenvalue weighted by molar-refractivity contribution is -0.0886. The summed E-state index contributed by atoms with van der Waals surface area (Å²) >= 11 is 0. The number of para-hydroxylation sites is 1. The minimum Gasteiger partial charge on any atom is -0.455 e. The van der Waals surface area contributed by atoms with Gasteiger partial charge in [-0.15, -0.1) is 0 Å². The van der Waals surface area contributed by atoms with Gasteiger partial charge in [-0.1, -0.05) is 19.1 Å². The predicted octanol–water partition coefficient (Wildman–Crippen LogP) is 3.19. The fourth-order valence-corrected chi connectivity index (χ4v) is 2.55. The van der Waals surface area contributed by atoms with E-state index in [-0.39, 0.29) is 11.4 Å². The smallest absolute Gasteiger partial charge is 0.170 e. The molecule has 0 bridgehead atoms. The molecule has 0 aliphatic heterocycles. The molecule has 0 radical (unpaired) electrons. The number of halogens is 1. The van der Waals surface area contributed by atoms with Gasteiger partial charge in [0.2, 0.25) is 0 Å². The first kappa shape index (κ1) is 9.85. The van der Waals surface area contributed by atoms with E-state index < -0.39 is 5.60 Å². The Kier molecular flexibility index (Phi) is 1.89. The van der Waals surface area contributed by atoms with Crippen LogP contribution in [0.5, 0.6) is 0 Å². The van der Waals surface area contributed by atoms with Crippen molar-refractivity contribution in [1.29, 1.82) is 0 Å². The normalized spacial score (nSPS) is 29.3. The summed E-state index contributed by atoms with van der Waals surface area (Å²) in [5, 5.41) is 10.9. The maximum atomic E-state index is 13.4. The number of furan rings is 1. The van der Waals surface area contributed by atoms with E-state index in [0.717, 1.165) is 0 Å². The second-order valence-corrected chi connectivity index (χ2v) is 4.81. The van der Waals surface area contributed by atoms with Crippen LogP contribution in [0.2, 0.25) is 0 Å². The van der Waals surface area contributed by atoms with Crippen LogP contribution >= 0.6 is 0 Å². The van der Waals surface area contributed by atoms with E-state index in [4.69, 9.17) is 4.42 Å². The minimum absolute atomic E-state index is 0.241. The number of hydrogen-bond donors (Lipinski definition) is 1. The molecule has 1 aromatic carbocycles. The Morgan fingerprint density at radius 1 is 1.44 bits per heavy atom. The molecule has 16 heavy (non-hydrogen) atoms. The van der Waals surface area contributed by atoms with Gasteiger partial charge in [0.1, 0.15) is 11.4 Å². The summed E-state index contributed by atoms with van der Waals surface area (Å²) in [6, 6.07) is 6.54. The average Bonchev–Trinajstić information content (AvgIpc) is 2.61. The van der Waals surface area contributed by atoms with Crippen LogP contribution < -0.4 is 0 Å². The fourth-order valence-electron chi connectivity index (χ4n) is 2.55. The van der Waals surface area contributed by atoms with Crippen molar-refractivity contribution in [3.8, 4) is 0 Å². The zero-order chi connectivity index (χ0) is 11.3. The summed E-state index contributed by atoms with van der Waals surface area (Å²) in [5.74, 6) is 0.619. The van der Waals surface area contributed by atoms with Crippen LogP contribution in [0.1, 0.15) is 25.5 Å². The molecule has 1 fully saturated rings. The Balaban J connectivity index is 2.09. The number of aliphatic hydroxyl groups is 1. The molecule has 84 valence electrons. The molecule has 2 nitrogen and oxygen atoms in total. The van der Waals surface area contributed by atoms with Crippen LogP contribution in [0.15, 0.2) is 28.7 Å². The van der Waals surface area contributed by atoms with Gasteiger partial charge in [0.15, 0.2) is 11.4 Å². The third-order valence-electron chi connectivity index (χ3n) is 3.33. The molecule has 0 saturated heterocycles. The molecule has 1 aliphatic rings. The number of fused-ring (bicyclic) bond motifs is 1. The zero-order valence-corrected chi connectivity index (χ0v) is 9.03. The van der Waals surface area contributed by atoms with Crippen LogP contribution in [0.3, 0.4) is 0 Å². The van der Waals surface area contributed by atoms with Gasteiger partial charge in [-0.2, -0.15) is 0 Å². The lowest BCUT2D eigenvalue weighted by Gasteiger charge is -2.40. The maximum absolute atomic E-state index is 13.4. The van der Waals surface area contributed by atoms with Gasteiger partial charge in [-0.05, 0) is 30.9 Å². The fraction of sp³-hybridized carbons (Fsp3) is 0.385. The Morgan fingerprint density at radius 2 is 2.19 bits per heavy atom. The van der Waals surface area contributed by atoms with Gasteiger partial charge in [0.25, 0.3) is 0 Å². The van der Waals surface area contributed by atoms with E-state index in [1.807, 2.05) is 0 Å². The first-order chi connectivity index (χ1) is 7.58. The molecule has 0 spiro atoms. The van der Waals surface area contributed by atoms with Crippen molar-refractivity contribution in [2.45, 2.75) is 25.4 Å². The average molecular weight is 220 g/mol. The van der Waals surface area contributed by atoms with E-state index in [1.54, 1.807) is 18.2 Å². The van der Waals surface area contributed by atoms with Crippen LogP contribution in [-0.4, -0.2) is 5.11 Å². The summed E-state index contributed by atoms with van der Waals surface area (Å²) < 4.78 is 18.8. The van der Waals surface area contributed by atoms with Crippen LogP contribution in [0.25, 0.3) is 11.0 Å². The summed E-state index contributed by atoms with van der Waals surface area (Å²) in [6.07, 6.45) is 1.38. The molecule has 3 heteroatoms. The molecule has 1 aromatic heterocycles. The lowest BCUT2D eigenvalue weighted by atomic mass is 9.70. The van der Waals surface area contributed by atoms with E-state index in [0.29, 0.717) is 29.9 Å². The van der Waals surface area contributed by atoms with Crippen LogP contribution in [0.4, 0.5) is 4.39 Å². The highest BCUT2D eigenvalue weighted by atomic mass is 19.1. The second-order valence-electron chi connectivity index (χ2n) is 4.81. The molecule has 2 aromatic rings. The van der Waals surface area contributed by atoms with Crippen LogP contribution in [-0.2, 0) is 5.60 Å². The van der Waals surface area contributed by atoms with Crippen LogP contribution in [0, 0.1) is 11.7 Å². The van der Waals surface area contributed by atoms with Gasteiger partial charge >= 0.3 is 0 Å². The van der Waals surface area contributed by atoms with Crippen molar-refractivity contribution in [3.63, 3.8) is 0 Å². The molecule has 1 saturated carbocycles. The molecule has 0 atom stereocenters. The number of benzene rings is 1. The highest BCUT2D eigenvalue weighted by Gasteiger charge is 2.44. The molecule has 0 amide bonds. The maximum Gasteiger partial charge on any atom is 0.170 e. The van der Waals surface area contributed by atoms with Crippen molar-refractivity contribution < 1.29 is 13.9 Å². The van der Waals surface area contributed by atoms with E-state index in [2.05, 4.69) is 6.92 Å². The van der Waals surface area contributed by atoms with Crippen molar-refractivity contribution in [2.24, 2.45) is 5.92 Å². The predicted molar refractivity (Wildman–Crippen MR) is 58.5 cm³/mol. The highest BCUT2D eigenvalue weighted by molar-refractivity contribution is 5.78. The third-order valence-corrected chi connectivity index (χ3v) is 3.33. The molecule has 3 rings (SSSR count). The van der Waals surface area contributed by atoms with Gasteiger partial charge < -0.3 is 9.52 Å². The lowest BCUT2D eigenvalue weighted by Crippen LogP contribution is -2.39.